The van der Waals surface area contributed by atoms with Crippen LogP contribution in [0.4, 0.5) is 0 Å². The van der Waals surface area contributed by atoms with Crippen molar-refractivity contribution >= 4 is 17.2 Å². The van der Waals surface area contributed by atoms with Gasteiger partial charge >= 0.3 is 0 Å². The van der Waals surface area contributed by atoms with Gasteiger partial charge in [0.15, 0.2) is 0 Å². The number of rotatable bonds is 7. The van der Waals surface area contributed by atoms with Gasteiger partial charge in [0.25, 0.3) is 0 Å². The van der Waals surface area contributed by atoms with Gasteiger partial charge in [-0.05, 0) is 68.0 Å². The molecule has 1 fully saturated rings. The van der Waals surface area contributed by atoms with Crippen LogP contribution in [-0.2, 0) is 11.2 Å². The number of aromatic nitrogens is 1. The highest BCUT2D eigenvalue weighted by molar-refractivity contribution is 7.18. The normalized spacial score (nSPS) is 18.9. The van der Waals surface area contributed by atoms with Crippen LogP contribution < -0.4 is 10.1 Å². The number of aliphatic hydroxyl groups excluding tert-OH is 1. The van der Waals surface area contributed by atoms with E-state index in [1.54, 1.807) is 16.2 Å². The average molecular weight is 503 g/mol. The summed E-state index contributed by atoms with van der Waals surface area (Å²) < 4.78 is 5.75. The molecule has 0 saturated carbocycles. The highest BCUT2D eigenvalue weighted by atomic mass is 32.1. The van der Waals surface area contributed by atoms with Crippen molar-refractivity contribution in [1.82, 2.24) is 15.2 Å². The smallest absolute Gasteiger partial charge is 0.236 e. The number of amides is 1. The van der Waals surface area contributed by atoms with Crippen LogP contribution in [-0.4, -0.2) is 52.7 Å². The molecule has 0 bridgehead atoms. The van der Waals surface area contributed by atoms with Crippen molar-refractivity contribution in [1.29, 1.82) is 5.26 Å². The van der Waals surface area contributed by atoms with Gasteiger partial charge < -0.3 is 20.1 Å². The number of aliphatic hydroxyl groups is 1. The lowest BCUT2D eigenvalue weighted by atomic mass is 10.0. The largest absolute Gasteiger partial charge is 0.490 e. The Hall–Kier alpha value is -3.25. The Bertz CT molecular complexity index is 1310. The van der Waals surface area contributed by atoms with E-state index in [4.69, 9.17) is 4.74 Å². The van der Waals surface area contributed by atoms with Crippen LogP contribution in [0.5, 0.6) is 5.75 Å². The minimum atomic E-state index is -0.397. The number of carbonyl (C=O) groups excluding carboxylic acids is 1. The summed E-state index contributed by atoms with van der Waals surface area (Å²) >= 11 is 1.61. The molecule has 2 heterocycles. The van der Waals surface area contributed by atoms with Crippen molar-refractivity contribution < 1.29 is 14.6 Å². The molecule has 0 radical (unpaired) electrons. The highest BCUT2D eigenvalue weighted by Gasteiger charge is 2.28. The first-order chi connectivity index (χ1) is 17.4. The fourth-order valence-electron chi connectivity index (χ4n) is 5.03. The van der Waals surface area contributed by atoms with E-state index in [0.717, 1.165) is 28.3 Å². The van der Waals surface area contributed by atoms with Crippen molar-refractivity contribution in [3.8, 4) is 32.8 Å². The highest BCUT2D eigenvalue weighted by Crippen LogP contribution is 2.41. The number of carbonyl (C=O) groups is 1. The van der Waals surface area contributed by atoms with Gasteiger partial charge in [-0.2, -0.15) is 5.26 Å². The van der Waals surface area contributed by atoms with Crippen molar-refractivity contribution in [2.24, 2.45) is 0 Å². The predicted molar refractivity (Wildman–Crippen MR) is 140 cm³/mol. The van der Waals surface area contributed by atoms with Crippen LogP contribution >= 0.6 is 11.3 Å². The van der Waals surface area contributed by atoms with E-state index in [9.17, 15) is 15.2 Å². The Balaban J connectivity index is 1.32. The van der Waals surface area contributed by atoms with Crippen molar-refractivity contribution in [3.05, 3.63) is 59.3 Å². The van der Waals surface area contributed by atoms with Crippen molar-refractivity contribution in [3.63, 3.8) is 0 Å². The summed E-state index contributed by atoms with van der Waals surface area (Å²) in [7, 11) is 0. The number of nitrogens with one attached hydrogen (secondary N) is 1. The molecule has 3 aromatic rings. The summed E-state index contributed by atoms with van der Waals surface area (Å²) in [6, 6.07) is 14.3. The zero-order valence-electron chi connectivity index (χ0n) is 20.5. The van der Waals surface area contributed by atoms with Gasteiger partial charge in [0.05, 0.1) is 29.2 Å². The first-order valence-corrected chi connectivity index (χ1v) is 13.2. The van der Waals surface area contributed by atoms with Crippen molar-refractivity contribution in [2.75, 3.05) is 19.6 Å². The quantitative estimate of drug-likeness (QED) is 0.500. The first-order valence-electron chi connectivity index (χ1n) is 12.4. The second-order valence-electron chi connectivity index (χ2n) is 9.65. The standard InChI is InChI=1S/C28H30N4O3S/c1-17(2)35-25-9-6-18(12-19(25)13-29)28-31-14-26(36-28)23-5-3-4-22-21(23)7-8-24(22)30-15-27(34)32-11-10-20(33)16-32/h3-6,9,12,14,17,20,24,30,33H,7-8,10-11,15-16H2,1-2H3/t20-,24-/m1/s1. The number of thiazole rings is 1. The maximum absolute atomic E-state index is 12.5. The summed E-state index contributed by atoms with van der Waals surface area (Å²) in [5.41, 5.74) is 5.11. The molecule has 1 amide bonds. The van der Waals surface area contributed by atoms with Crippen molar-refractivity contribution in [2.45, 2.75) is 51.4 Å². The Morgan fingerprint density at radius 3 is 2.94 bits per heavy atom. The van der Waals surface area contributed by atoms with Crippen LogP contribution in [0.1, 0.15) is 49.4 Å². The monoisotopic (exact) mass is 502 g/mol. The minimum absolute atomic E-state index is 0.000793. The number of hydrogen-bond acceptors (Lipinski definition) is 7. The third-order valence-electron chi connectivity index (χ3n) is 6.77. The molecule has 5 rings (SSSR count). The topological polar surface area (TPSA) is 98.5 Å². The fraction of sp³-hybridized carbons (Fsp3) is 0.393. The molecule has 1 saturated heterocycles. The summed E-state index contributed by atoms with van der Waals surface area (Å²) in [6.45, 7) is 5.23. The maximum Gasteiger partial charge on any atom is 0.236 e. The summed E-state index contributed by atoms with van der Waals surface area (Å²) in [5, 5.41) is 23.6. The third kappa shape index (κ3) is 5.00. The third-order valence-corrected chi connectivity index (χ3v) is 7.85. The summed E-state index contributed by atoms with van der Waals surface area (Å²) in [4.78, 5) is 20.0. The molecular weight excluding hydrogens is 472 g/mol. The van der Waals surface area contributed by atoms with E-state index >= 15 is 0 Å². The Kier molecular flexibility index (Phi) is 7.06. The predicted octanol–water partition coefficient (Wildman–Crippen LogP) is 4.31. The zero-order valence-corrected chi connectivity index (χ0v) is 21.3. The van der Waals surface area contributed by atoms with Crippen LogP contribution in [0.2, 0.25) is 0 Å². The van der Waals surface area contributed by atoms with Crippen LogP contribution in [0.15, 0.2) is 42.6 Å². The lowest BCUT2D eigenvalue weighted by Gasteiger charge is -2.19. The molecule has 2 aliphatic rings. The lowest BCUT2D eigenvalue weighted by molar-refractivity contribution is -0.129. The molecule has 186 valence electrons. The summed E-state index contributed by atoms with van der Waals surface area (Å²) in [5.74, 6) is 0.636. The molecule has 0 unspecified atom stereocenters. The van der Waals surface area contributed by atoms with E-state index in [1.807, 2.05) is 38.2 Å². The number of benzene rings is 2. The molecular formula is C28H30N4O3S. The van der Waals surface area contributed by atoms with Gasteiger partial charge in [-0.1, -0.05) is 18.2 Å². The van der Waals surface area contributed by atoms with Crippen LogP contribution in [0.25, 0.3) is 21.0 Å². The molecule has 0 spiro atoms. The Morgan fingerprint density at radius 2 is 2.19 bits per heavy atom. The molecule has 7 nitrogen and oxygen atoms in total. The van der Waals surface area contributed by atoms with Gasteiger partial charge in [-0.25, -0.2) is 4.98 Å². The van der Waals surface area contributed by atoms with Gasteiger partial charge in [0.2, 0.25) is 5.91 Å². The average Bonchev–Trinajstić information content (AvgIpc) is 3.62. The maximum atomic E-state index is 12.5. The molecule has 8 heteroatoms. The van der Waals surface area contributed by atoms with Gasteiger partial charge in [-0.3, -0.25) is 4.79 Å². The van der Waals surface area contributed by atoms with E-state index in [-0.39, 0.29) is 24.6 Å². The van der Waals surface area contributed by atoms with E-state index < -0.39 is 6.10 Å². The molecule has 2 aromatic carbocycles. The lowest BCUT2D eigenvalue weighted by Crippen LogP contribution is -2.38. The van der Waals surface area contributed by atoms with Crippen LogP contribution in [0.3, 0.4) is 0 Å². The van der Waals surface area contributed by atoms with E-state index in [0.29, 0.717) is 30.8 Å². The molecule has 1 aliphatic heterocycles. The van der Waals surface area contributed by atoms with Gasteiger partial charge in [0.1, 0.15) is 16.8 Å². The number of nitrogens with zero attached hydrogens (tertiary/aromatic N) is 3. The number of likely N-dealkylation sites (tertiary alicyclic amines) is 1. The first kappa shape index (κ1) is 24.4. The van der Waals surface area contributed by atoms with E-state index in [2.05, 4.69) is 34.6 Å². The number of nitriles is 1. The number of hydrogen-bond donors (Lipinski definition) is 2. The Labute approximate surface area is 215 Å². The number of β-amino-alcohol motifs (C(OH)–C–C–N with tert-alkyl or cyclic N) is 1. The van der Waals surface area contributed by atoms with Gasteiger partial charge in [0, 0.05) is 30.9 Å². The fourth-order valence-corrected chi connectivity index (χ4v) is 5.99. The second-order valence-corrected chi connectivity index (χ2v) is 10.7. The number of fused-ring (bicyclic) bond motifs is 1. The molecule has 36 heavy (non-hydrogen) atoms. The van der Waals surface area contributed by atoms with E-state index in [1.165, 1.54) is 16.7 Å². The Morgan fingerprint density at radius 1 is 1.33 bits per heavy atom. The second kappa shape index (κ2) is 10.4. The molecule has 1 aromatic heterocycles. The van der Waals surface area contributed by atoms with Crippen LogP contribution in [0, 0.1) is 11.3 Å². The number of ether oxygens (including phenoxy) is 1. The SMILES string of the molecule is CC(C)Oc1ccc(-c2ncc(-c3cccc4c3CC[C@H]4NCC(=O)N3CC[C@@H](O)C3)s2)cc1C#N. The van der Waals surface area contributed by atoms with Gasteiger partial charge in [-0.15, -0.1) is 11.3 Å². The summed E-state index contributed by atoms with van der Waals surface area (Å²) in [6.07, 6.45) is 4.04. The molecule has 1 aliphatic carbocycles. The molecule has 2 N–H and O–H groups in total. The minimum Gasteiger partial charge on any atom is -0.490 e. The zero-order chi connectivity index (χ0) is 25.2. The molecule has 2 atom stereocenters.